The molecular formula is C20H19N3O5. The van der Waals surface area contributed by atoms with Crippen LogP contribution >= 0.6 is 0 Å². The number of hydrogen-bond acceptors (Lipinski definition) is 7. The molecule has 1 aromatic heterocycles. The van der Waals surface area contributed by atoms with Crippen molar-refractivity contribution in [1.82, 2.24) is 10.2 Å². The first-order chi connectivity index (χ1) is 13.7. The van der Waals surface area contributed by atoms with Crippen molar-refractivity contribution in [3.63, 3.8) is 0 Å². The standard InChI is InChI=1S/C20H19N3O5/c1-25-15-5-2-13(3-6-15)20-23-22-19(28-20)9-8-18(24)21-14-4-7-16-17(12-14)27-11-10-26-16/h2-7,12H,8-11H2,1H3,(H,21,24). The average molecular weight is 381 g/mol. The second-order valence-electron chi connectivity index (χ2n) is 6.14. The summed E-state index contributed by atoms with van der Waals surface area (Å²) in [7, 11) is 1.61. The number of ether oxygens (including phenoxy) is 3. The van der Waals surface area contributed by atoms with Crippen molar-refractivity contribution >= 4 is 11.6 Å². The van der Waals surface area contributed by atoms with E-state index in [0.717, 1.165) is 11.3 Å². The lowest BCUT2D eigenvalue weighted by Gasteiger charge is -2.18. The van der Waals surface area contributed by atoms with Crippen molar-refractivity contribution in [2.75, 3.05) is 25.6 Å². The predicted molar refractivity (Wildman–Crippen MR) is 101 cm³/mol. The zero-order valence-electron chi connectivity index (χ0n) is 15.3. The number of anilines is 1. The molecule has 1 aliphatic heterocycles. The third-order valence-electron chi connectivity index (χ3n) is 4.20. The minimum atomic E-state index is -0.152. The summed E-state index contributed by atoms with van der Waals surface area (Å²) < 4.78 is 21.8. The number of methoxy groups -OCH3 is 1. The molecule has 144 valence electrons. The Kier molecular flexibility index (Phi) is 5.09. The summed E-state index contributed by atoms with van der Waals surface area (Å²) in [6, 6.07) is 12.6. The summed E-state index contributed by atoms with van der Waals surface area (Å²) in [4.78, 5) is 12.2. The molecule has 0 atom stereocenters. The summed E-state index contributed by atoms with van der Waals surface area (Å²) in [5.74, 6) is 2.72. The van der Waals surface area contributed by atoms with Crippen molar-refractivity contribution in [3.8, 4) is 28.7 Å². The Morgan fingerprint density at radius 1 is 1.07 bits per heavy atom. The van der Waals surface area contributed by atoms with E-state index in [1.807, 2.05) is 24.3 Å². The van der Waals surface area contributed by atoms with Crippen LogP contribution in [0.5, 0.6) is 17.2 Å². The van der Waals surface area contributed by atoms with Gasteiger partial charge in [0, 0.05) is 30.2 Å². The van der Waals surface area contributed by atoms with E-state index in [2.05, 4.69) is 15.5 Å². The molecule has 1 aliphatic rings. The molecule has 8 heteroatoms. The third-order valence-corrected chi connectivity index (χ3v) is 4.20. The number of hydrogen-bond donors (Lipinski definition) is 1. The Morgan fingerprint density at radius 2 is 1.86 bits per heavy atom. The Hall–Kier alpha value is -3.55. The Morgan fingerprint density at radius 3 is 2.64 bits per heavy atom. The van der Waals surface area contributed by atoms with Gasteiger partial charge in [0.25, 0.3) is 0 Å². The normalized spacial score (nSPS) is 12.5. The van der Waals surface area contributed by atoms with Gasteiger partial charge in [0.15, 0.2) is 11.5 Å². The molecule has 0 radical (unpaired) electrons. The van der Waals surface area contributed by atoms with Gasteiger partial charge in [-0.05, 0) is 36.4 Å². The molecule has 0 aliphatic carbocycles. The largest absolute Gasteiger partial charge is 0.497 e. The van der Waals surface area contributed by atoms with Crippen LogP contribution in [0.2, 0.25) is 0 Å². The fraction of sp³-hybridized carbons (Fsp3) is 0.250. The maximum atomic E-state index is 12.2. The highest BCUT2D eigenvalue weighted by Gasteiger charge is 2.14. The highest BCUT2D eigenvalue weighted by atomic mass is 16.6. The number of amides is 1. The van der Waals surface area contributed by atoms with Crippen LogP contribution in [-0.2, 0) is 11.2 Å². The summed E-state index contributed by atoms with van der Waals surface area (Å²) in [5, 5.41) is 10.9. The number of aromatic nitrogens is 2. The monoisotopic (exact) mass is 381 g/mol. The van der Waals surface area contributed by atoms with Crippen molar-refractivity contribution < 1.29 is 23.4 Å². The van der Waals surface area contributed by atoms with E-state index in [9.17, 15) is 4.79 Å². The maximum Gasteiger partial charge on any atom is 0.247 e. The number of nitrogens with one attached hydrogen (secondary N) is 1. The Bertz CT molecular complexity index is 968. The predicted octanol–water partition coefficient (Wildman–Crippen LogP) is 3.09. The zero-order chi connectivity index (χ0) is 19.3. The van der Waals surface area contributed by atoms with Crippen molar-refractivity contribution in [2.24, 2.45) is 0 Å². The zero-order valence-corrected chi connectivity index (χ0v) is 15.3. The smallest absolute Gasteiger partial charge is 0.247 e. The Labute approximate surface area is 161 Å². The summed E-state index contributed by atoms with van der Waals surface area (Å²) in [6.07, 6.45) is 0.568. The molecule has 28 heavy (non-hydrogen) atoms. The van der Waals surface area contributed by atoms with Crippen LogP contribution in [0.15, 0.2) is 46.9 Å². The van der Waals surface area contributed by atoms with Gasteiger partial charge < -0.3 is 23.9 Å². The first-order valence-electron chi connectivity index (χ1n) is 8.87. The molecule has 0 spiro atoms. The molecule has 1 amide bonds. The summed E-state index contributed by atoms with van der Waals surface area (Å²) >= 11 is 0. The third kappa shape index (κ3) is 4.06. The van der Waals surface area contributed by atoms with Gasteiger partial charge >= 0.3 is 0 Å². The summed E-state index contributed by atoms with van der Waals surface area (Å²) in [5.41, 5.74) is 1.44. The van der Waals surface area contributed by atoms with Crippen molar-refractivity contribution in [1.29, 1.82) is 0 Å². The van der Waals surface area contributed by atoms with Crippen LogP contribution in [0.1, 0.15) is 12.3 Å². The topological polar surface area (TPSA) is 95.7 Å². The molecule has 4 rings (SSSR count). The number of rotatable bonds is 6. The molecule has 0 unspecified atom stereocenters. The molecule has 2 heterocycles. The fourth-order valence-corrected chi connectivity index (χ4v) is 2.77. The van der Waals surface area contributed by atoms with E-state index in [4.69, 9.17) is 18.6 Å². The van der Waals surface area contributed by atoms with Gasteiger partial charge in [-0.25, -0.2) is 0 Å². The van der Waals surface area contributed by atoms with Gasteiger partial charge in [-0.2, -0.15) is 0 Å². The van der Waals surface area contributed by atoms with Crippen LogP contribution in [-0.4, -0.2) is 36.4 Å². The lowest BCUT2D eigenvalue weighted by atomic mass is 10.2. The molecule has 2 aromatic carbocycles. The quantitative estimate of drug-likeness (QED) is 0.701. The minimum Gasteiger partial charge on any atom is -0.497 e. The summed E-state index contributed by atoms with van der Waals surface area (Å²) in [6.45, 7) is 1.03. The minimum absolute atomic E-state index is 0.152. The van der Waals surface area contributed by atoms with Crippen LogP contribution < -0.4 is 19.5 Å². The molecule has 1 N–H and O–H groups in total. The molecule has 0 bridgehead atoms. The number of aryl methyl sites for hydroxylation is 1. The SMILES string of the molecule is COc1ccc(-c2nnc(CCC(=O)Nc3ccc4c(c3)OCCO4)o2)cc1. The van der Waals surface area contributed by atoms with Gasteiger partial charge in [0.2, 0.25) is 17.7 Å². The average Bonchev–Trinajstić information content (AvgIpc) is 3.21. The van der Waals surface area contributed by atoms with E-state index >= 15 is 0 Å². The van der Waals surface area contributed by atoms with Crippen LogP contribution in [0.3, 0.4) is 0 Å². The van der Waals surface area contributed by atoms with E-state index in [1.54, 1.807) is 25.3 Å². The molecule has 8 nitrogen and oxygen atoms in total. The Balaban J connectivity index is 1.33. The van der Waals surface area contributed by atoms with Crippen LogP contribution in [0.4, 0.5) is 5.69 Å². The lowest BCUT2D eigenvalue weighted by molar-refractivity contribution is -0.116. The number of carbonyl (C=O) groups excluding carboxylic acids is 1. The van der Waals surface area contributed by atoms with Gasteiger partial charge in [0.1, 0.15) is 19.0 Å². The van der Waals surface area contributed by atoms with E-state index < -0.39 is 0 Å². The lowest BCUT2D eigenvalue weighted by Crippen LogP contribution is -2.16. The second-order valence-corrected chi connectivity index (χ2v) is 6.14. The fourth-order valence-electron chi connectivity index (χ4n) is 2.77. The van der Waals surface area contributed by atoms with Crippen molar-refractivity contribution in [2.45, 2.75) is 12.8 Å². The van der Waals surface area contributed by atoms with Crippen molar-refractivity contribution in [3.05, 3.63) is 48.4 Å². The first kappa shape index (κ1) is 17.8. The second kappa shape index (κ2) is 7.99. The van der Waals surface area contributed by atoms with Gasteiger partial charge in [0.05, 0.1) is 7.11 Å². The molecule has 0 saturated heterocycles. The highest BCUT2D eigenvalue weighted by Crippen LogP contribution is 2.32. The number of carbonyl (C=O) groups is 1. The molecule has 3 aromatic rings. The molecular weight excluding hydrogens is 362 g/mol. The number of nitrogens with zero attached hydrogens (tertiary/aromatic N) is 2. The highest BCUT2D eigenvalue weighted by molar-refractivity contribution is 5.91. The van der Waals surface area contributed by atoms with Crippen LogP contribution in [0.25, 0.3) is 11.5 Å². The molecule has 0 saturated carbocycles. The number of fused-ring (bicyclic) bond motifs is 1. The molecule has 0 fully saturated rings. The van der Waals surface area contributed by atoms with Gasteiger partial charge in [-0.15, -0.1) is 10.2 Å². The first-order valence-corrected chi connectivity index (χ1v) is 8.87. The van der Waals surface area contributed by atoms with E-state index in [-0.39, 0.29) is 12.3 Å². The number of benzene rings is 2. The maximum absolute atomic E-state index is 12.2. The van der Waals surface area contributed by atoms with Gasteiger partial charge in [-0.3, -0.25) is 4.79 Å². The van der Waals surface area contributed by atoms with Crippen LogP contribution in [0, 0.1) is 0 Å². The van der Waals surface area contributed by atoms with E-state index in [1.165, 1.54) is 0 Å². The van der Waals surface area contributed by atoms with Gasteiger partial charge in [-0.1, -0.05) is 0 Å². The van der Waals surface area contributed by atoms with E-state index in [0.29, 0.717) is 48.6 Å².